The molecule has 1 aromatic rings. The Hall–Kier alpha value is -0.820. The van der Waals surface area contributed by atoms with E-state index in [1.807, 2.05) is 0 Å². The van der Waals surface area contributed by atoms with Crippen molar-refractivity contribution in [2.75, 3.05) is 6.54 Å². The van der Waals surface area contributed by atoms with Crippen LogP contribution < -0.4 is 5.32 Å². The van der Waals surface area contributed by atoms with Crippen LogP contribution in [0.3, 0.4) is 0 Å². The van der Waals surface area contributed by atoms with Crippen molar-refractivity contribution in [3.63, 3.8) is 0 Å². The maximum absolute atomic E-state index is 3.61. The van der Waals surface area contributed by atoms with E-state index >= 15 is 0 Å². The average molecular weight is 217 g/mol. The summed E-state index contributed by atoms with van der Waals surface area (Å²) in [5.41, 5.74) is 1.94. The Balaban J connectivity index is 1.75. The molecule has 1 fully saturated rings. The van der Waals surface area contributed by atoms with Gasteiger partial charge in [0.2, 0.25) is 0 Å². The van der Waals surface area contributed by atoms with E-state index in [1.165, 1.54) is 44.2 Å². The lowest BCUT2D eigenvalue weighted by Crippen LogP contribution is -2.33. The van der Waals surface area contributed by atoms with Gasteiger partial charge in [0.25, 0.3) is 0 Å². The summed E-state index contributed by atoms with van der Waals surface area (Å²) in [6.45, 7) is 4.61. The number of nitrogens with one attached hydrogen (secondary N) is 1. The second-order valence-electron chi connectivity index (χ2n) is 5.46. The van der Waals surface area contributed by atoms with E-state index < -0.39 is 0 Å². The Bertz CT molecular complexity index is 298. The molecule has 1 aliphatic rings. The summed E-state index contributed by atoms with van der Waals surface area (Å²) < 4.78 is 0. The van der Waals surface area contributed by atoms with Crippen molar-refractivity contribution in [3.05, 3.63) is 35.9 Å². The van der Waals surface area contributed by atoms with E-state index in [9.17, 15) is 0 Å². The summed E-state index contributed by atoms with van der Waals surface area (Å²) in [7, 11) is 0. The molecular weight excluding hydrogens is 194 g/mol. The van der Waals surface area contributed by atoms with Crippen LogP contribution in [0, 0.1) is 5.41 Å². The fourth-order valence-corrected chi connectivity index (χ4v) is 2.69. The lowest BCUT2D eigenvalue weighted by molar-refractivity contribution is 0.207. The maximum atomic E-state index is 3.61. The van der Waals surface area contributed by atoms with Crippen LogP contribution in [0.5, 0.6) is 0 Å². The largest absolute Gasteiger partial charge is 0.312 e. The lowest BCUT2D eigenvalue weighted by Gasteiger charge is -2.33. The van der Waals surface area contributed by atoms with E-state index in [1.54, 1.807) is 0 Å². The Morgan fingerprint density at radius 3 is 2.44 bits per heavy atom. The molecule has 1 aromatic carbocycles. The van der Waals surface area contributed by atoms with Gasteiger partial charge in [-0.3, -0.25) is 0 Å². The molecule has 1 heteroatoms. The quantitative estimate of drug-likeness (QED) is 0.810. The molecule has 16 heavy (non-hydrogen) atoms. The number of benzene rings is 1. The zero-order chi connectivity index (χ0) is 11.3. The van der Waals surface area contributed by atoms with Gasteiger partial charge in [0.15, 0.2) is 0 Å². The minimum Gasteiger partial charge on any atom is -0.312 e. The van der Waals surface area contributed by atoms with Crippen LogP contribution in [0.4, 0.5) is 0 Å². The molecule has 0 atom stereocenters. The predicted molar refractivity (Wildman–Crippen MR) is 69.3 cm³/mol. The van der Waals surface area contributed by atoms with Crippen molar-refractivity contribution < 1.29 is 0 Å². The van der Waals surface area contributed by atoms with Crippen LogP contribution in [-0.2, 0) is 6.54 Å². The Morgan fingerprint density at radius 2 is 1.75 bits per heavy atom. The van der Waals surface area contributed by atoms with Gasteiger partial charge < -0.3 is 5.32 Å². The van der Waals surface area contributed by atoms with Gasteiger partial charge in [0, 0.05) is 13.1 Å². The van der Waals surface area contributed by atoms with Crippen LogP contribution in [0.1, 0.15) is 44.6 Å². The highest BCUT2D eigenvalue weighted by Gasteiger charge is 2.25. The van der Waals surface area contributed by atoms with E-state index in [0.717, 1.165) is 6.54 Å². The monoisotopic (exact) mass is 217 g/mol. The smallest absolute Gasteiger partial charge is 0.0205 e. The third-order valence-electron chi connectivity index (χ3n) is 3.78. The van der Waals surface area contributed by atoms with E-state index in [2.05, 4.69) is 42.6 Å². The highest BCUT2D eigenvalue weighted by molar-refractivity contribution is 5.14. The first-order chi connectivity index (χ1) is 7.79. The Labute approximate surface area is 99.3 Å². The van der Waals surface area contributed by atoms with Crippen LogP contribution >= 0.6 is 0 Å². The summed E-state index contributed by atoms with van der Waals surface area (Å²) in [6.07, 6.45) is 7.07. The van der Waals surface area contributed by atoms with Gasteiger partial charge in [0.1, 0.15) is 0 Å². The fraction of sp³-hybridized carbons (Fsp3) is 0.600. The SMILES string of the molecule is CC1(CNCc2ccccc2)CCCCC1. The topological polar surface area (TPSA) is 12.0 Å². The van der Waals surface area contributed by atoms with Crippen LogP contribution in [-0.4, -0.2) is 6.54 Å². The Kier molecular flexibility index (Phi) is 4.00. The molecule has 0 heterocycles. The standard InChI is InChI=1S/C15H23N/c1-15(10-6-3-7-11-15)13-16-12-14-8-4-2-5-9-14/h2,4-5,8-9,16H,3,6-7,10-13H2,1H3. The first kappa shape index (κ1) is 11.7. The first-order valence-corrected chi connectivity index (χ1v) is 6.53. The van der Waals surface area contributed by atoms with Crippen molar-refractivity contribution in [2.45, 2.75) is 45.6 Å². The van der Waals surface area contributed by atoms with Crippen molar-refractivity contribution in [1.82, 2.24) is 5.32 Å². The van der Waals surface area contributed by atoms with Crippen LogP contribution in [0.2, 0.25) is 0 Å². The summed E-state index contributed by atoms with van der Waals surface area (Å²) in [5, 5.41) is 3.61. The summed E-state index contributed by atoms with van der Waals surface area (Å²) >= 11 is 0. The number of hydrogen-bond acceptors (Lipinski definition) is 1. The minimum atomic E-state index is 0.549. The van der Waals surface area contributed by atoms with Crippen LogP contribution in [0.25, 0.3) is 0 Å². The number of rotatable bonds is 4. The molecule has 1 nitrogen and oxygen atoms in total. The molecule has 0 spiro atoms. The van der Waals surface area contributed by atoms with E-state index in [0.29, 0.717) is 5.41 Å². The molecule has 0 aliphatic heterocycles. The zero-order valence-corrected chi connectivity index (χ0v) is 10.3. The average Bonchev–Trinajstić information content (AvgIpc) is 2.31. The fourth-order valence-electron chi connectivity index (χ4n) is 2.69. The van der Waals surface area contributed by atoms with Gasteiger partial charge in [-0.15, -0.1) is 0 Å². The molecule has 0 unspecified atom stereocenters. The Morgan fingerprint density at radius 1 is 1.06 bits per heavy atom. The van der Waals surface area contributed by atoms with Crippen molar-refractivity contribution in [3.8, 4) is 0 Å². The molecule has 1 N–H and O–H groups in total. The third-order valence-corrected chi connectivity index (χ3v) is 3.78. The second-order valence-corrected chi connectivity index (χ2v) is 5.46. The molecule has 0 bridgehead atoms. The predicted octanol–water partition coefficient (Wildman–Crippen LogP) is 3.75. The molecule has 1 aliphatic carbocycles. The van der Waals surface area contributed by atoms with E-state index in [-0.39, 0.29) is 0 Å². The molecule has 0 saturated heterocycles. The van der Waals surface area contributed by atoms with Crippen molar-refractivity contribution in [2.24, 2.45) is 5.41 Å². The first-order valence-electron chi connectivity index (χ1n) is 6.53. The highest BCUT2D eigenvalue weighted by atomic mass is 14.9. The minimum absolute atomic E-state index is 0.549. The third kappa shape index (κ3) is 3.34. The molecule has 0 aromatic heterocycles. The molecule has 88 valence electrons. The van der Waals surface area contributed by atoms with Gasteiger partial charge in [-0.1, -0.05) is 56.5 Å². The van der Waals surface area contributed by atoms with Gasteiger partial charge in [0.05, 0.1) is 0 Å². The molecule has 0 radical (unpaired) electrons. The molecular formula is C15H23N. The lowest BCUT2D eigenvalue weighted by atomic mass is 9.76. The zero-order valence-electron chi connectivity index (χ0n) is 10.3. The van der Waals surface area contributed by atoms with Crippen molar-refractivity contribution >= 4 is 0 Å². The van der Waals surface area contributed by atoms with Gasteiger partial charge in [-0.05, 0) is 23.8 Å². The second kappa shape index (κ2) is 5.49. The van der Waals surface area contributed by atoms with E-state index in [4.69, 9.17) is 0 Å². The van der Waals surface area contributed by atoms with Crippen LogP contribution in [0.15, 0.2) is 30.3 Å². The summed E-state index contributed by atoms with van der Waals surface area (Å²) in [6, 6.07) is 10.7. The summed E-state index contributed by atoms with van der Waals surface area (Å²) in [5.74, 6) is 0. The molecule has 1 saturated carbocycles. The van der Waals surface area contributed by atoms with Gasteiger partial charge >= 0.3 is 0 Å². The maximum Gasteiger partial charge on any atom is 0.0205 e. The molecule has 0 amide bonds. The number of hydrogen-bond donors (Lipinski definition) is 1. The molecule has 2 rings (SSSR count). The van der Waals surface area contributed by atoms with Gasteiger partial charge in [-0.25, -0.2) is 0 Å². The highest BCUT2D eigenvalue weighted by Crippen LogP contribution is 2.34. The van der Waals surface area contributed by atoms with Crippen molar-refractivity contribution in [1.29, 1.82) is 0 Å². The normalized spacial score (nSPS) is 19.6. The van der Waals surface area contributed by atoms with Gasteiger partial charge in [-0.2, -0.15) is 0 Å². The summed E-state index contributed by atoms with van der Waals surface area (Å²) in [4.78, 5) is 0.